The Morgan fingerprint density at radius 1 is 1.00 bits per heavy atom. The molecule has 0 spiro atoms. The van der Waals surface area contributed by atoms with Crippen LogP contribution in [-0.2, 0) is 29.3 Å². The predicted octanol–water partition coefficient (Wildman–Crippen LogP) is 3.68. The number of hydrogen-bond acceptors (Lipinski definition) is 9. The number of pyridine rings is 1. The molecule has 0 aliphatic heterocycles. The third-order valence-electron chi connectivity index (χ3n) is 5.70. The van der Waals surface area contributed by atoms with Gasteiger partial charge in [0.2, 0.25) is 16.0 Å². The van der Waals surface area contributed by atoms with Gasteiger partial charge >= 0.3 is 6.18 Å². The van der Waals surface area contributed by atoms with Crippen LogP contribution in [0.25, 0.3) is 0 Å². The van der Waals surface area contributed by atoms with Crippen LogP contribution in [0.15, 0.2) is 48.8 Å². The van der Waals surface area contributed by atoms with E-state index in [1.807, 2.05) is 26.2 Å². The number of anilines is 4. The minimum Gasteiger partial charge on any atom is -0.365 e. The molecule has 0 unspecified atom stereocenters. The normalized spacial score (nSPS) is 12.0. The maximum atomic E-state index is 13.7. The summed E-state index contributed by atoms with van der Waals surface area (Å²) in [7, 11) is 1.75. The maximum absolute atomic E-state index is 13.7. The van der Waals surface area contributed by atoms with E-state index in [-0.39, 0.29) is 18.3 Å². The summed E-state index contributed by atoms with van der Waals surface area (Å²) in [5.74, 6) is -0.379. The number of halogens is 3. The second-order valence-corrected chi connectivity index (χ2v) is 11.2. The van der Waals surface area contributed by atoms with Crippen molar-refractivity contribution in [1.82, 2.24) is 25.2 Å². The highest BCUT2D eigenvalue weighted by Gasteiger charge is 2.35. The molecule has 2 heterocycles. The molecule has 0 atom stereocenters. The van der Waals surface area contributed by atoms with Gasteiger partial charge < -0.3 is 20.9 Å². The molecule has 10 nitrogen and oxygen atoms in total. The number of hydrogen-bond donors (Lipinski definition) is 3. The molecular weight excluding hydrogens is 533 g/mol. The molecule has 0 radical (unpaired) electrons. The van der Waals surface area contributed by atoms with E-state index < -0.39 is 27.6 Å². The van der Waals surface area contributed by atoms with Crippen molar-refractivity contribution >= 4 is 33.3 Å². The third-order valence-corrected chi connectivity index (χ3v) is 6.87. The summed E-state index contributed by atoms with van der Waals surface area (Å²) in [5.41, 5.74) is 0.997. The molecule has 0 amide bonds. The molecule has 0 aliphatic rings. The second-order valence-electron chi connectivity index (χ2n) is 9.18. The number of sulfonamides is 1. The zero-order valence-corrected chi connectivity index (χ0v) is 23.1. The molecule has 2 aromatic heterocycles. The Labute approximate surface area is 226 Å². The minimum atomic E-state index is -4.70. The molecular formula is C25H33F3N8O2S. The summed E-state index contributed by atoms with van der Waals surface area (Å²) in [6.07, 6.45) is -0.552. The van der Waals surface area contributed by atoms with E-state index in [9.17, 15) is 21.6 Å². The Morgan fingerprint density at radius 3 is 2.36 bits per heavy atom. The molecule has 0 saturated heterocycles. The van der Waals surface area contributed by atoms with E-state index in [2.05, 4.69) is 35.8 Å². The van der Waals surface area contributed by atoms with Gasteiger partial charge in [-0.1, -0.05) is 18.2 Å². The number of alkyl halides is 3. The number of nitrogens with one attached hydrogen (secondary N) is 3. The third kappa shape index (κ3) is 9.04. The Balaban J connectivity index is 1.72. The molecule has 0 bridgehead atoms. The van der Waals surface area contributed by atoms with Crippen LogP contribution in [0.3, 0.4) is 0 Å². The average Bonchev–Trinajstić information content (AvgIpc) is 2.86. The first kappa shape index (κ1) is 30.1. The first-order valence-electron chi connectivity index (χ1n) is 12.1. The van der Waals surface area contributed by atoms with Crippen LogP contribution in [0, 0.1) is 0 Å². The van der Waals surface area contributed by atoms with Crippen LogP contribution in [-0.4, -0.2) is 68.8 Å². The first-order valence-corrected chi connectivity index (χ1v) is 14.0. The topological polar surface area (TPSA) is 115 Å². The number of nitrogens with zero attached hydrogens (tertiary/aromatic N) is 5. The second kappa shape index (κ2) is 13.0. The van der Waals surface area contributed by atoms with Crippen LogP contribution < -0.4 is 20.3 Å². The lowest BCUT2D eigenvalue weighted by atomic mass is 10.2. The fourth-order valence-corrected chi connectivity index (χ4v) is 4.04. The van der Waals surface area contributed by atoms with Gasteiger partial charge in [0.25, 0.3) is 0 Å². The van der Waals surface area contributed by atoms with Gasteiger partial charge in [0.1, 0.15) is 17.2 Å². The molecule has 0 fully saturated rings. The van der Waals surface area contributed by atoms with Gasteiger partial charge in [-0.25, -0.2) is 18.4 Å². The summed E-state index contributed by atoms with van der Waals surface area (Å²) in [6, 6.07) is 10.6. The summed E-state index contributed by atoms with van der Waals surface area (Å²) in [5, 5.41) is 8.98. The van der Waals surface area contributed by atoms with Crippen molar-refractivity contribution in [2.45, 2.75) is 25.7 Å². The van der Waals surface area contributed by atoms with E-state index in [0.717, 1.165) is 35.6 Å². The molecule has 3 N–H and O–H groups in total. The number of rotatable bonds is 13. The van der Waals surface area contributed by atoms with Gasteiger partial charge in [0, 0.05) is 43.8 Å². The van der Waals surface area contributed by atoms with Gasteiger partial charge in [-0.2, -0.15) is 18.2 Å². The zero-order chi connectivity index (χ0) is 28.6. The maximum Gasteiger partial charge on any atom is 0.421 e. The van der Waals surface area contributed by atoms with Gasteiger partial charge in [0.05, 0.1) is 6.26 Å². The van der Waals surface area contributed by atoms with E-state index in [4.69, 9.17) is 0 Å². The average molecular weight is 567 g/mol. The molecule has 0 aliphatic carbocycles. The van der Waals surface area contributed by atoms with Crippen LogP contribution in [0.1, 0.15) is 23.1 Å². The van der Waals surface area contributed by atoms with Gasteiger partial charge in [-0.3, -0.25) is 4.31 Å². The fraction of sp³-hybridized carbons (Fsp3) is 0.400. The van der Waals surface area contributed by atoms with Crippen molar-refractivity contribution < 1.29 is 21.6 Å². The van der Waals surface area contributed by atoms with Crippen molar-refractivity contribution in [3.05, 3.63) is 65.5 Å². The SMILES string of the molecule is CN(C)CCCNCc1ccc(Nc2ncc(C(F)(F)F)c(NCc3cccnc3N(C)S(C)(=O)=O)n2)cc1. The Bertz CT molecular complexity index is 1340. The van der Waals surface area contributed by atoms with Crippen molar-refractivity contribution in [2.24, 2.45) is 0 Å². The minimum absolute atomic E-state index is 0.0280. The summed E-state index contributed by atoms with van der Waals surface area (Å²) < 4.78 is 65.9. The predicted molar refractivity (Wildman–Crippen MR) is 146 cm³/mol. The quantitative estimate of drug-likeness (QED) is 0.267. The molecule has 14 heteroatoms. The highest BCUT2D eigenvalue weighted by molar-refractivity contribution is 7.92. The number of aromatic nitrogens is 3. The van der Waals surface area contributed by atoms with E-state index in [0.29, 0.717) is 24.0 Å². The lowest BCUT2D eigenvalue weighted by Crippen LogP contribution is -2.27. The smallest absolute Gasteiger partial charge is 0.365 e. The Kier molecular flexibility index (Phi) is 10.1. The molecule has 0 saturated carbocycles. The summed E-state index contributed by atoms with van der Waals surface area (Å²) in [4.78, 5) is 14.1. The molecule has 212 valence electrons. The van der Waals surface area contributed by atoms with Gasteiger partial charge in [-0.15, -0.1) is 0 Å². The van der Waals surface area contributed by atoms with Crippen LogP contribution in [0.5, 0.6) is 0 Å². The van der Waals surface area contributed by atoms with Crippen LogP contribution in [0.2, 0.25) is 0 Å². The summed E-state index contributed by atoms with van der Waals surface area (Å²) in [6.45, 7) is 2.43. The molecule has 3 rings (SSSR count). The van der Waals surface area contributed by atoms with Crippen molar-refractivity contribution in [1.29, 1.82) is 0 Å². The molecule has 3 aromatic rings. The lowest BCUT2D eigenvalue weighted by Gasteiger charge is -2.20. The highest BCUT2D eigenvalue weighted by Crippen LogP contribution is 2.34. The van der Waals surface area contributed by atoms with Crippen molar-refractivity contribution in [2.75, 3.05) is 55.4 Å². The van der Waals surface area contributed by atoms with Gasteiger partial charge in [0.15, 0.2) is 0 Å². The zero-order valence-electron chi connectivity index (χ0n) is 22.2. The monoisotopic (exact) mass is 566 g/mol. The first-order chi connectivity index (χ1) is 18.3. The Morgan fingerprint density at radius 2 is 1.72 bits per heavy atom. The molecule has 1 aromatic carbocycles. The van der Waals surface area contributed by atoms with E-state index in [1.165, 1.54) is 13.2 Å². The van der Waals surface area contributed by atoms with E-state index in [1.54, 1.807) is 24.3 Å². The van der Waals surface area contributed by atoms with Gasteiger partial charge in [-0.05, 0) is 57.4 Å². The number of benzene rings is 1. The van der Waals surface area contributed by atoms with Crippen LogP contribution in [0.4, 0.5) is 36.4 Å². The lowest BCUT2D eigenvalue weighted by molar-refractivity contribution is -0.137. The molecule has 39 heavy (non-hydrogen) atoms. The largest absolute Gasteiger partial charge is 0.421 e. The van der Waals surface area contributed by atoms with Crippen LogP contribution >= 0.6 is 0 Å². The van der Waals surface area contributed by atoms with Crippen molar-refractivity contribution in [3.63, 3.8) is 0 Å². The fourth-order valence-electron chi connectivity index (χ4n) is 3.56. The van der Waals surface area contributed by atoms with Crippen molar-refractivity contribution in [3.8, 4) is 0 Å². The highest BCUT2D eigenvalue weighted by atomic mass is 32.2. The summed E-state index contributed by atoms with van der Waals surface area (Å²) >= 11 is 0. The Hall–Kier alpha value is -3.49. The van der Waals surface area contributed by atoms with E-state index >= 15 is 0 Å². The standard InChI is InChI=1S/C25H33F3N8O2S/c1-35(2)14-6-12-29-15-18-8-10-20(11-9-18)33-24-32-17-21(25(26,27)28)22(34-24)31-16-19-7-5-13-30-23(19)36(3)39(4,37)38/h5,7-11,13,17,29H,6,12,14-16H2,1-4H3,(H2,31,32,33,34).